The second-order valence-corrected chi connectivity index (χ2v) is 10.5. The fourth-order valence-corrected chi connectivity index (χ4v) is 5.46. The summed E-state index contributed by atoms with van der Waals surface area (Å²) in [5.41, 5.74) is 7.05. The first kappa shape index (κ1) is 26.5. The monoisotopic (exact) mass is 549 g/mol. The molecule has 2 nitrogen and oxygen atoms in total. The molecule has 0 N–H and O–H groups in total. The van der Waals surface area contributed by atoms with E-state index < -0.39 is 0 Å². The standard InChI is InChI=1S/C19H15N.C12H8OS.C7H8/c1-2-8-15(9-3-1)14-20-18-12-6-4-10-16(18)17-11-5-7-13-19(17)20;14-11-7-3-5-9-8-4-1-2-6-10(8)13-12(9)11;1-7-5-3-2-4-6-7/h1-13H,14H2;1-7,14H;2-6H,1H3. The Bertz CT molecular complexity index is 1980. The summed E-state index contributed by atoms with van der Waals surface area (Å²) >= 11 is 4.37. The summed E-state index contributed by atoms with van der Waals surface area (Å²) in [4.78, 5) is 0.888. The quantitative estimate of drug-likeness (QED) is 0.212. The molecule has 0 fully saturated rings. The van der Waals surface area contributed by atoms with Crippen LogP contribution in [0.25, 0.3) is 43.7 Å². The molecule has 0 amide bonds. The van der Waals surface area contributed by atoms with E-state index in [1.54, 1.807) is 0 Å². The number of hydrogen-bond acceptors (Lipinski definition) is 2. The van der Waals surface area contributed by atoms with E-state index in [-0.39, 0.29) is 0 Å². The number of para-hydroxylation sites is 4. The van der Waals surface area contributed by atoms with Gasteiger partial charge in [-0.3, -0.25) is 0 Å². The van der Waals surface area contributed by atoms with Gasteiger partial charge in [-0.1, -0.05) is 133 Å². The van der Waals surface area contributed by atoms with E-state index in [0.717, 1.165) is 33.4 Å². The summed E-state index contributed by atoms with van der Waals surface area (Å²) in [6, 6.07) is 52.2. The molecule has 0 spiro atoms. The number of benzene rings is 6. The normalized spacial score (nSPS) is 10.8. The number of aromatic nitrogens is 1. The van der Waals surface area contributed by atoms with Crippen LogP contribution >= 0.6 is 12.6 Å². The Labute approximate surface area is 245 Å². The highest BCUT2D eigenvalue weighted by Crippen LogP contribution is 2.32. The van der Waals surface area contributed by atoms with Gasteiger partial charge in [0, 0.05) is 44.0 Å². The van der Waals surface area contributed by atoms with Gasteiger partial charge in [-0.25, -0.2) is 0 Å². The van der Waals surface area contributed by atoms with Crippen LogP contribution in [-0.2, 0) is 6.54 Å². The van der Waals surface area contributed by atoms with Crippen molar-refractivity contribution in [3.05, 3.63) is 163 Å². The number of furan rings is 1. The second kappa shape index (κ2) is 12.2. The Hall–Kier alpha value is -4.73. The molecule has 0 unspecified atom stereocenters. The van der Waals surface area contributed by atoms with Gasteiger partial charge in [0.05, 0.1) is 0 Å². The summed E-state index contributed by atoms with van der Waals surface area (Å²) in [6.45, 7) is 2.99. The molecular weight excluding hydrogens is 518 g/mol. The van der Waals surface area contributed by atoms with Gasteiger partial charge < -0.3 is 8.98 Å². The van der Waals surface area contributed by atoms with Crippen LogP contribution in [0.1, 0.15) is 11.1 Å². The van der Waals surface area contributed by atoms with Crippen LogP contribution in [-0.4, -0.2) is 4.57 Å². The Morgan fingerprint density at radius 2 is 1.02 bits per heavy atom. The maximum atomic E-state index is 5.71. The molecule has 2 heterocycles. The molecule has 8 rings (SSSR count). The van der Waals surface area contributed by atoms with Crippen LogP contribution in [0.4, 0.5) is 0 Å². The third-order valence-electron chi connectivity index (χ3n) is 7.19. The Balaban J connectivity index is 0.000000124. The molecule has 8 aromatic rings. The van der Waals surface area contributed by atoms with Crippen molar-refractivity contribution in [1.29, 1.82) is 0 Å². The number of rotatable bonds is 2. The van der Waals surface area contributed by atoms with Crippen molar-refractivity contribution in [1.82, 2.24) is 4.57 Å². The average Bonchev–Trinajstić information content (AvgIpc) is 3.56. The number of aryl methyl sites for hydroxylation is 1. The van der Waals surface area contributed by atoms with Crippen LogP contribution < -0.4 is 0 Å². The van der Waals surface area contributed by atoms with Crippen molar-refractivity contribution in [2.45, 2.75) is 18.4 Å². The van der Waals surface area contributed by atoms with Gasteiger partial charge in [0.25, 0.3) is 0 Å². The molecule has 6 aromatic carbocycles. The molecule has 0 atom stereocenters. The van der Waals surface area contributed by atoms with Crippen molar-refractivity contribution in [3.63, 3.8) is 0 Å². The molecular formula is C38H31NOS. The molecule has 0 bridgehead atoms. The average molecular weight is 550 g/mol. The molecule has 0 aliphatic carbocycles. The van der Waals surface area contributed by atoms with E-state index in [2.05, 4.69) is 127 Å². The highest BCUT2D eigenvalue weighted by molar-refractivity contribution is 7.80. The fourth-order valence-electron chi connectivity index (χ4n) is 5.21. The van der Waals surface area contributed by atoms with Crippen LogP contribution in [0.3, 0.4) is 0 Å². The number of nitrogens with zero attached hydrogens (tertiary/aromatic N) is 1. The van der Waals surface area contributed by atoms with Gasteiger partial charge in [0.1, 0.15) is 11.2 Å². The van der Waals surface area contributed by atoms with Crippen LogP contribution in [0.5, 0.6) is 0 Å². The molecule has 0 aliphatic rings. The molecule has 2 aromatic heterocycles. The molecule has 200 valence electrons. The summed E-state index contributed by atoms with van der Waals surface area (Å²) < 4.78 is 8.11. The van der Waals surface area contributed by atoms with Crippen molar-refractivity contribution in [2.75, 3.05) is 0 Å². The van der Waals surface area contributed by atoms with E-state index in [0.29, 0.717) is 0 Å². The third kappa shape index (κ3) is 5.77. The van der Waals surface area contributed by atoms with Crippen molar-refractivity contribution >= 4 is 56.4 Å². The number of fused-ring (bicyclic) bond motifs is 6. The predicted octanol–water partition coefficient (Wildman–Crippen LogP) is 10.7. The van der Waals surface area contributed by atoms with Gasteiger partial charge in [-0.15, -0.1) is 12.6 Å². The van der Waals surface area contributed by atoms with Gasteiger partial charge in [-0.05, 0) is 36.8 Å². The van der Waals surface area contributed by atoms with Gasteiger partial charge in [0.2, 0.25) is 0 Å². The minimum Gasteiger partial charge on any atom is -0.455 e. The largest absolute Gasteiger partial charge is 0.455 e. The SMILES string of the molecule is Cc1ccccc1.Sc1cccc2c1oc1ccccc12.c1ccc(Cn2c3ccccc3c3ccccc32)cc1. The minimum absolute atomic E-state index is 0.872. The highest BCUT2D eigenvalue weighted by atomic mass is 32.1. The van der Waals surface area contributed by atoms with Crippen molar-refractivity contribution < 1.29 is 4.42 Å². The van der Waals surface area contributed by atoms with Crippen LogP contribution in [0, 0.1) is 6.92 Å². The molecule has 0 aliphatic heterocycles. The maximum absolute atomic E-state index is 5.71. The first-order valence-electron chi connectivity index (χ1n) is 13.8. The predicted molar refractivity (Wildman–Crippen MR) is 177 cm³/mol. The summed E-state index contributed by atoms with van der Waals surface area (Å²) in [7, 11) is 0. The number of thiol groups is 1. The highest BCUT2D eigenvalue weighted by Gasteiger charge is 2.09. The third-order valence-corrected chi connectivity index (χ3v) is 7.54. The zero-order valence-corrected chi connectivity index (χ0v) is 23.8. The smallest absolute Gasteiger partial charge is 0.148 e. The Morgan fingerprint density at radius 3 is 1.63 bits per heavy atom. The first-order chi connectivity index (χ1) is 20.2. The number of hydrogen-bond donors (Lipinski definition) is 1. The topological polar surface area (TPSA) is 18.1 Å². The molecule has 0 radical (unpaired) electrons. The molecule has 0 saturated carbocycles. The van der Waals surface area contributed by atoms with E-state index in [9.17, 15) is 0 Å². The zero-order valence-electron chi connectivity index (χ0n) is 22.9. The molecule has 0 saturated heterocycles. The lowest BCUT2D eigenvalue weighted by Crippen LogP contribution is -1.98. The van der Waals surface area contributed by atoms with E-state index in [1.165, 1.54) is 32.9 Å². The van der Waals surface area contributed by atoms with Gasteiger partial charge in [-0.2, -0.15) is 0 Å². The van der Waals surface area contributed by atoms with Gasteiger partial charge in [0.15, 0.2) is 0 Å². The zero-order chi connectivity index (χ0) is 28.0. The van der Waals surface area contributed by atoms with E-state index >= 15 is 0 Å². The fraction of sp³-hybridized carbons (Fsp3) is 0.0526. The van der Waals surface area contributed by atoms with Crippen molar-refractivity contribution in [2.24, 2.45) is 0 Å². The summed E-state index contributed by atoms with van der Waals surface area (Å²) in [6.07, 6.45) is 0. The van der Waals surface area contributed by atoms with Gasteiger partial charge >= 0.3 is 0 Å². The molecule has 41 heavy (non-hydrogen) atoms. The lowest BCUT2D eigenvalue weighted by atomic mass is 10.1. The summed E-state index contributed by atoms with van der Waals surface area (Å²) in [5, 5.41) is 4.95. The Kier molecular flexibility index (Phi) is 7.88. The van der Waals surface area contributed by atoms with E-state index in [4.69, 9.17) is 4.42 Å². The minimum atomic E-state index is 0.872. The lowest BCUT2D eigenvalue weighted by Gasteiger charge is -2.07. The van der Waals surface area contributed by atoms with E-state index in [1.807, 2.05) is 48.5 Å². The van der Waals surface area contributed by atoms with Crippen LogP contribution in [0.15, 0.2) is 161 Å². The summed E-state index contributed by atoms with van der Waals surface area (Å²) in [5.74, 6) is 0. The lowest BCUT2D eigenvalue weighted by molar-refractivity contribution is 0.660. The van der Waals surface area contributed by atoms with Crippen LogP contribution in [0.2, 0.25) is 0 Å². The maximum Gasteiger partial charge on any atom is 0.148 e. The first-order valence-corrected chi connectivity index (χ1v) is 14.2. The second-order valence-electron chi connectivity index (χ2n) is 10.0. The Morgan fingerprint density at radius 1 is 0.512 bits per heavy atom. The van der Waals surface area contributed by atoms with Crippen molar-refractivity contribution in [3.8, 4) is 0 Å². The molecule has 3 heteroatoms.